The number of benzene rings is 1. The van der Waals surface area contributed by atoms with Crippen molar-refractivity contribution >= 4 is 38.8 Å². The first-order chi connectivity index (χ1) is 19.4. The zero-order chi connectivity index (χ0) is 29.2. The van der Waals surface area contributed by atoms with E-state index in [-0.39, 0.29) is 17.4 Å². The number of hydrogen-bond acceptors (Lipinski definition) is 9. The van der Waals surface area contributed by atoms with Crippen LogP contribution in [0.1, 0.15) is 30.0 Å². The van der Waals surface area contributed by atoms with Crippen LogP contribution in [0.5, 0.6) is 0 Å². The molecule has 0 spiro atoms. The predicted molar refractivity (Wildman–Crippen MR) is 148 cm³/mol. The fraction of sp³-hybridized carbons (Fsp3) is 0.269. The lowest BCUT2D eigenvalue weighted by Crippen LogP contribution is -2.19. The number of aromatic nitrogens is 7. The first kappa shape index (κ1) is 26.6. The van der Waals surface area contributed by atoms with Gasteiger partial charge in [-0.1, -0.05) is 0 Å². The molecule has 1 aromatic carbocycles. The van der Waals surface area contributed by atoms with Gasteiger partial charge >= 0.3 is 0 Å². The summed E-state index contributed by atoms with van der Waals surface area (Å²) in [5.74, 6) is -1.30. The molecule has 1 fully saturated rings. The van der Waals surface area contributed by atoms with Crippen molar-refractivity contribution in [1.82, 2.24) is 34.3 Å². The van der Waals surface area contributed by atoms with E-state index in [1.54, 1.807) is 29.9 Å². The first-order valence-electron chi connectivity index (χ1n) is 12.6. The van der Waals surface area contributed by atoms with E-state index in [0.717, 1.165) is 47.4 Å². The van der Waals surface area contributed by atoms with E-state index in [1.807, 2.05) is 6.92 Å². The minimum Gasteiger partial charge on any atom is -0.323 e. The number of hydrogen-bond donors (Lipinski definition) is 2. The van der Waals surface area contributed by atoms with Crippen LogP contribution in [-0.4, -0.2) is 56.1 Å². The van der Waals surface area contributed by atoms with Gasteiger partial charge in [0.15, 0.2) is 27.3 Å². The van der Waals surface area contributed by atoms with E-state index in [4.69, 9.17) is 4.98 Å². The number of fused-ring (bicyclic) bond motifs is 1. The summed E-state index contributed by atoms with van der Waals surface area (Å²) in [7, 11) is -0.839. The van der Waals surface area contributed by atoms with Crippen LogP contribution in [0.4, 0.5) is 32.1 Å². The van der Waals surface area contributed by atoms with E-state index in [0.29, 0.717) is 28.7 Å². The molecule has 0 amide bonds. The number of nitrogens with zero attached hydrogens (tertiary/aromatic N) is 7. The first-order valence-corrected chi connectivity index (χ1v) is 14.5. The predicted octanol–water partition coefficient (Wildman–Crippen LogP) is 3.59. The van der Waals surface area contributed by atoms with Gasteiger partial charge in [0.25, 0.3) is 5.56 Å². The van der Waals surface area contributed by atoms with Crippen molar-refractivity contribution in [2.45, 2.75) is 30.6 Å². The van der Waals surface area contributed by atoms with Crippen LogP contribution in [0.15, 0.2) is 46.2 Å². The van der Waals surface area contributed by atoms with Gasteiger partial charge in [-0.2, -0.15) is 15.2 Å². The Morgan fingerprint density at radius 1 is 1.12 bits per heavy atom. The Kier molecular flexibility index (Phi) is 6.13. The number of anilines is 4. The summed E-state index contributed by atoms with van der Waals surface area (Å²) in [6.45, 7) is 1.84. The van der Waals surface area contributed by atoms with E-state index in [9.17, 15) is 13.2 Å². The number of H-pyrrole nitrogens is 1. The Labute approximate surface area is 232 Å². The van der Waals surface area contributed by atoms with E-state index >= 15 is 8.78 Å². The number of halogens is 2. The topological polar surface area (TPSA) is 143 Å². The molecule has 4 aromatic heterocycles. The maximum absolute atomic E-state index is 15.2. The summed E-state index contributed by atoms with van der Waals surface area (Å²) < 4.78 is 57.3. The third-order valence-corrected chi connectivity index (χ3v) is 8.01. The molecule has 12 nitrogen and oxygen atoms in total. The quantitative estimate of drug-likeness (QED) is 0.295. The van der Waals surface area contributed by atoms with Crippen LogP contribution < -0.4 is 15.8 Å². The standard InChI is InChI=1S/C26H25F2N9O3S/c1-13-9-19(33-32-13)29-25-22(14-5-6-14)23(18-12-20-35(2)21(38)7-8-37(20)34-18)30-26(31-25)36(3)24-16(27)10-15(11-17(24)28)41(4,39)40/h7-12,14H,5-6H2,1-4H3,(H2,29,30,31,32,33). The van der Waals surface area contributed by atoms with Gasteiger partial charge in [0.05, 0.1) is 4.90 Å². The molecule has 4 heterocycles. The molecule has 0 atom stereocenters. The van der Waals surface area contributed by atoms with Crippen LogP contribution in [0.3, 0.4) is 0 Å². The monoisotopic (exact) mass is 581 g/mol. The lowest BCUT2D eigenvalue weighted by molar-refractivity contribution is 0.569. The van der Waals surface area contributed by atoms with Crippen LogP contribution in [-0.2, 0) is 16.9 Å². The van der Waals surface area contributed by atoms with Gasteiger partial charge in [0.2, 0.25) is 5.95 Å². The highest BCUT2D eigenvalue weighted by Gasteiger charge is 2.34. The maximum atomic E-state index is 15.2. The Morgan fingerprint density at radius 3 is 2.44 bits per heavy atom. The van der Waals surface area contributed by atoms with Crippen molar-refractivity contribution in [2.75, 3.05) is 23.5 Å². The molecule has 15 heteroatoms. The highest BCUT2D eigenvalue weighted by atomic mass is 32.2. The molecule has 2 N–H and O–H groups in total. The minimum atomic E-state index is -3.85. The van der Waals surface area contributed by atoms with Gasteiger partial charge in [-0.05, 0) is 37.8 Å². The van der Waals surface area contributed by atoms with Crippen molar-refractivity contribution in [3.05, 3.63) is 69.8 Å². The number of aryl methyl sites for hydroxylation is 2. The van der Waals surface area contributed by atoms with Crippen molar-refractivity contribution in [2.24, 2.45) is 7.05 Å². The van der Waals surface area contributed by atoms with Gasteiger partial charge in [-0.3, -0.25) is 14.5 Å². The molecule has 6 rings (SSSR count). The molecule has 0 saturated heterocycles. The minimum absolute atomic E-state index is 0.0741. The summed E-state index contributed by atoms with van der Waals surface area (Å²) in [6.07, 6.45) is 4.17. The smallest absolute Gasteiger partial charge is 0.253 e. The summed E-state index contributed by atoms with van der Waals surface area (Å²) in [4.78, 5) is 22.2. The lowest BCUT2D eigenvalue weighted by Gasteiger charge is -2.22. The second-order valence-electron chi connectivity index (χ2n) is 10.1. The third kappa shape index (κ3) is 4.81. The highest BCUT2D eigenvalue weighted by molar-refractivity contribution is 7.90. The van der Waals surface area contributed by atoms with Crippen LogP contribution in [0.2, 0.25) is 0 Å². The zero-order valence-corrected chi connectivity index (χ0v) is 23.3. The number of aromatic amines is 1. The fourth-order valence-corrected chi connectivity index (χ4v) is 5.29. The Balaban J connectivity index is 1.57. The molecule has 0 unspecified atom stereocenters. The summed E-state index contributed by atoms with van der Waals surface area (Å²) >= 11 is 0. The molecular formula is C26H25F2N9O3S. The Morgan fingerprint density at radius 2 is 1.83 bits per heavy atom. The second-order valence-corrected chi connectivity index (χ2v) is 12.1. The molecule has 1 saturated carbocycles. The molecule has 0 radical (unpaired) electrons. The zero-order valence-electron chi connectivity index (χ0n) is 22.5. The van der Waals surface area contributed by atoms with Gasteiger partial charge in [0.1, 0.15) is 28.5 Å². The van der Waals surface area contributed by atoms with E-state index in [1.165, 1.54) is 17.7 Å². The Hall–Kier alpha value is -4.66. The average Bonchev–Trinajstić information content (AvgIpc) is 3.51. The van der Waals surface area contributed by atoms with Crippen molar-refractivity contribution in [3.8, 4) is 11.4 Å². The van der Waals surface area contributed by atoms with Gasteiger partial charge in [-0.15, -0.1) is 0 Å². The molecule has 41 heavy (non-hydrogen) atoms. The maximum Gasteiger partial charge on any atom is 0.253 e. The van der Waals surface area contributed by atoms with Gasteiger partial charge < -0.3 is 10.2 Å². The molecule has 1 aliphatic carbocycles. The number of nitrogens with one attached hydrogen (secondary N) is 2. The average molecular weight is 582 g/mol. The molecular weight excluding hydrogens is 556 g/mol. The largest absolute Gasteiger partial charge is 0.323 e. The number of rotatable bonds is 7. The summed E-state index contributed by atoms with van der Waals surface area (Å²) in [6, 6.07) is 6.41. The normalized spacial score (nSPS) is 13.6. The summed E-state index contributed by atoms with van der Waals surface area (Å²) in [5.41, 5.74) is 2.20. The molecule has 212 valence electrons. The molecule has 5 aromatic rings. The molecule has 0 aliphatic heterocycles. The van der Waals surface area contributed by atoms with Crippen LogP contribution in [0.25, 0.3) is 17.0 Å². The van der Waals surface area contributed by atoms with Crippen LogP contribution >= 0.6 is 0 Å². The second kappa shape index (κ2) is 9.47. The van der Waals surface area contributed by atoms with E-state index < -0.39 is 32.1 Å². The van der Waals surface area contributed by atoms with Gasteiger partial charge in [-0.25, -0.2) is 26.7 Å². The fourth-order valence-electron chi connectivity index (χ4n) is 4.66. The third-order valence-electron chi connectivity index (χ3n) is 6.92. The molecule has 0 bridgehead atoms. The van der Waals surface area contributed by atoms with E-state index in [2.05, 4.69) is 25.6 Å². The Bertz CT molecular complexity index is 1990. The van der Waals surface area contributed by atoms with Crippen molar-refractivity contribution < 1.29 is 17.2 Å². The highest BCUT2D eigenvalue weighted by Crippen LogP contribution is 2.48. The lowest BCUT2D eigenvalue weighted by atomic mass is 10.1. The number of sulfone groups is 1. The van der Waals surface area contributed by atoms with Crippen molar-refractivity contribution in [1.29, 1.82) is 0 Å². The SMILES string of the molecule is Cc1cc(Nc2nc(N(C)c3c(F)cc(S(C)(=O)=O)cc3F)nc(-c3cc4n(C)c(=O)ccn4n3)c2C2CC2)n[nH]1. The molecule has 1 aliphatic rings. The summed E-state index contributed by atoms with van der Waals surface area (Å²) in [5, 5.41) is 14.9. The van der Waals surface area contributed by atoms with Gasteiger partial charge in [0, 0.05) is 56.0 Å². The van der Waals surface area contributed by atoms with Crippen LogP contribution in [0, 0.1) is 18.6 Å². The van der Waals surface area contributed by atoms with Crippen molar-refractivity contribution in [3.63, 3.8) is 0 Å².